The van der Waals surface area contributed by atoms with Gasteiger partial charge >= 0.3 is 0 Å². The maximum Gasteiger partial charge on any atom is 0.161 e. The number of fused-ring (bicyclic) bond motifs is 10. The van der Waals surface area contributed by atoms with Gasteiger partial charge in [0.15, 0.2) is 5.82 Å². The van der Waals surface area contributed by atoms with Crippen LogP contribution < -0.4 is 0 Å². The van der Waals surface area contributed by atoms with Gasteiger partial charge in [-0.15, -0.1) is 0 Å². The van der Waals surface area contributed by atoms with Crippen LogP contribution in [0.25, 0.3) is 105 Å². The normalized spacial score (nSPS) is 11.6. The Morgan fingerprint density at radius 3 is 1.40 bits per heavy atom. The first kappa shape index (κ1) is 31.2. The Morgan fingerprint density at radius 2 is 0.782 bits per heavy atom. The first-order valence-corrected chi connectivity index (χ1v) is 18.8. The van der Waals surface area contributed by atoms with Gasteiger partial charge in [0.2, 0.25) is 0 Å². The molecule has 0 saturated carbocycles. The second-order valence-corrected chi connectivity index (χ2v) is 14.1. The van der Waals surface area contributed by atoms with E-state index in [1.54, 1.807) is 0 Å². The quantitative estimate of drug-likeness (QED) is 0.167. The number of benzene rings is 9. The van der Waals surface area contributed by atoms with E-state index in [-0.39, 0.29) is 0 Å². The van der Waals surface area contributed by atoms with Crippen molar-refractivity contribution in [2.24, 2.45) is 0 Å². The van der Waals surface area contributed by atoms with E-state index < -0.39 is 0 Å². The second-order valence-electron chi connectivity index (χ2n) is 14.1. The standard InChI is InChI=1S/C52H33N3/c1-4-16-34(17-5-1)35-28-30-38(31-29-35)55-48-27-15-14-26-43(48)49-41-24-12-10-22-39(41)44-32-45(40-23-11-13-25-42(40)50(44)51(49)55)52-53-46(36-18-6-2-7-19-36)33-47(54-52)37-20-8-3-9-21-37/h1-33H. The van der Waals surface area contributed by atoms with Crippen LogP contribution in [0.5, 0.6) is 0 Å². The smallest absolute Gasteiger partial charge is 0.161 e. The minimum Gasteiger partial charge on any atom is -0.309 e. The van der Waals surface area contributed by atoms with Crippen molar-refractivity contribution in [3.05, 3.63) is 200 Å². The van der Waals surface area contributed by atoms with Crippen LogP contribution in [0, 0.1) is 0 Å². The molecule has 0 radical (unpaired) electrons. The SMILES string of the molecule is c1ccc(-c2ccc(-n3c4ccccc4c4c5ccccc5c5cc(-c6nc(-c7ccccc7)cc(-c7ccccc7)n6)c6ccccc6c5c43)cc2)cc1. The molecule has 0 fully saturated rings. The van der Waals surface area contributed by atoms with E-state index in [4.69, 9.17) is 9.97 Å². The van der Waals surface area contributed by atoms with Crippen molar-refractivity contribution in [1.29, 1.82) is 0 Å². The summed E-state index contributed by atoms with van der Waals surface area (Å²) in [5, 5.41) is 9.63. The fourth-order valence-electron chi connectivity index (χ4n) is 8.50. The zero-order valence-electron chi connectivity index (χ0n) is 29.9. The van der Waals surface area contributed by atoms with Gasteiger partial charge in [0, 0.05) is 38.5 Å². The lowest BCUT2D eigenvalue weighted by Crippen LogP contribution is -1.98. The summed E-state index contributed by atoms with van der Waals surface area (Å²) in [4.78, 5) is 10.6. The Balaban J connectivity index is 1.26. The minimum atomic E-state index is 0.708. The minimum absolute atomic E-state index is 0.708. The second kappa shape index (κ2) is 12.6. The van der Waals surface area contributed by atoms with E-state index >= 15 is 0 Å². The van der Waals surface area contributed by atoms with Crippen LogP contribution in [-0.4, -0.2) is 14.5 Å². The van der Waals surface area contributed by atoms with Gasteiger partial charge in [0.25, 0.3) is 0 Å². The Labute approximate surface area is 318 Å². The molecule has 0 saturated heterocycles. The molecule has 3 heteroatoms. The molecule has 9 aromatic carbocycles. The predicted octanol–water partition coefficient (Wildman–Crippen LogP) is 13.7. The van der Waals surface area contributed by atoms with Crippen LogP contribution in [0.15, 0.2) is 200 Å². The predicted molar refractivity (Wildman–Crippen MR) is 231 cm³/mol. The third-order valence-electron chi connectivity index (χ3n) is 11.0. The van der Waals surface area contributed by atoms with E-state index in [9.17, 15) is 0 Å². The van der Waals surface area contributed by atoms with Gasteiger partial charge in [-0.25, -0.2) is 9.97 Å². The number of nitrogens with zero attached hydrogens (tertiary/aromatic N) is 3. The average Bonchev–Trinajstić information content (AvgIpc) is 3.62. The molecule has 256 valence electrons. The van der Waals surface area contributed by atoms with Crippen molar-refractivity contribution in [1.82, 2.24) is 14.5 Å². The van der Waals surface area contributed by atoms with Crippen LogP contribution in [0.4, 0.5) is 0 Å². The first-order chi connectivity index (χ1) is 27.3. The molecule has 2 heterocycles. The Bertz CT molecular complexity index is 3160. The van der Waals surface area contributed by atoms with Crippen LogP contribution in [-0.2, 0) is 0 Å². The summed E-state index contributed by atoms with van der Waals surface area (Å²) in [6, 6.07) is 71.4. The number of aromatic nitrogens is 3. The maximum absolute atomic E-state index is 5.32. The van der Waals surface area contributed by atoms with Gasteiger partial charge in [-0.2, -0.15) is 0 Å². The molecule has 55 heavy (non-hydrogen) atoms. The molecule has 0 bridgehead atoms. The van der Waals surface area contributed by atoms with Crippen LogP contribution in [0.2, 0.25) is 0 Å². The van der Waals surface area contributed by atoms with E-state index in [1.807, 2.05) is 12.1 Å². The molecule has 0 unspecified atom stereocenters. The van der Waals surface area contributed by atoms with Crippen molar-refractivity contribution >= 4 is 54.1 Å². The van der Waals surface area contributed by atoms with Gasteiger partial charge < -0.3 is 4.57 Å². The molecular formula is C52H33N3. The molecule has 2 aromatic heterocycles. The van der Waals surface area contributed by atoms with Crippen molar-refractivity contribution in [3.8, 4) is 50.7 Å². The van der Waals surface area contributed by atoms with Gasteiger partial charge in [-0.3, -0.25) is 0 Å². The number of hydrogen-bond acceptors (Lipinski definition) is 2. The topological polar surface area (TPSA) is 30.7 Å². The highest BCUT2D eigenvalue weighted by atomic mass is 15.0. The number of para-hydroxylation sites is 1. The zero-order valence-corrected chi connectivity index (χ0v) is 29.9. The molecule has 0 amide bonds. The summed E-state index contributed by atoms with van der Waals surface area (Å²) in [5.74, 6) is 0.708. The molecule has 11 rings (SSSR count). The molecule has 0 atom stereocenters. The van der Waals surface area contributed by atoms with Crippen molar-refractivity contribution in [2.45, 2.75) is 0 Å². The molecule has 0 spiro atoms. The highest BCUT2D eigenvalue weighted by Crippen LogP contribution is 2.46. The van der Waals surface area contributed by atoms with Crippen molar-refractivity contribution in [3.63, 3.8) is 0 Å². The van der Waals surface area contributed by atoms with E-state index in [2.05, 4.69) is 193 Å². The molecule has 3 nitrogen and oxygen atoms in total. The Hall–Kier alpha value is -7.36. The van der Waals surface area contributed by atoms with Crippen LogP contribution in [0.3, 0.4) is 0 Å². The molecule has 0 aliphatic rings. The van der Waals surface area contributed by atoms with Crippen molar-refractivity contribution in [2.75, 3.05) is 0 Å². The lowest BCUT2D eigenvalue weighted by molar-refractivity contribution is 1.19. The Kier molecular flexibility index (Phi) is 7.17. The summed E-state index contributed by atoms with van der Waals surface area (Å²) in [5.41, 5.74) is 10.8. The van der Waals surface area contributed by atoms with Crippen molar-refractivity contribution < 1.29 is 0 Å². The molecule has 0 N–H and O–H groups in total. The molecular weight excluding hydrogens is 667 g/mol. The maximum atomic E-state index is 5.32. The van der Waals surface area contributed by atoms with Crippen LogP contribution in [0.1, 0.15) is 0 Å². The fourth-order valence-corrected chi connectivity index (χ4v) is 8.50. The lowest BCUT2D eigenvalue weighted by atomic mass is 9.90. The van der Waals surface area contributed by atoms with Gasteiger partial charge in [-0.1, -0.05) is 170 Å². The lowest BCUT2D eigenvalue weighted by Gasteiger charge is -2.17. The summed E-state index contributed by atoms with van der Waals surface area (Å²) >= 11 is 0. The summed E-state index contributed by atoms with van der Waals surface area (Å²) < 4.78 is 2.47. The highest BCUT2D eigenvalue weighted by molar-refractivity contribution is 6.37. The van der Waals surface area contributed by atoms with Crippen LogP contribution >= 0.6 is 0 Å². The summed E-state index contributed by atoms with van der Waals surface area (Å²) in [7, 11) is 0. The Morgan fingerprint density at radius 1 is 0.327 bits per heavy atom. The molecule has 11 aromatic rings. The van der Waals surface area contributed by atoms with Gasteiger partial charge in [-0.05, 0) is 68.4 Å². The van der Waals surface area contributed by atoms with Gasteiger partial charge in [0.1, 0.15) is 0 Å². The highest BCUT2D eigenvalue weighted by Gasteiger charge is 2.23. The first-order valence-electron chi connectivity index (χ1n) is 18.8. The van der Waals surface area contributed by atoms with E-state index in [0.29, 0.717) is 5.82 Å². The van der Waals surface area contributed by atoms with Gasteiger partial charge in [0.05, 0.1) is 22.4 Å². The molecule has 0 aliphatic heterocycles. The summed E-state index contributed by atoms with van der Waals surface area (Å²) in [6.45, 7) is 0. The number of rotatable bonds is 5. The molecule has 0 aliphatic carbocycles. The average molecular weight is 700 g/mol. The third kappa shape index (κ3) is 5.05. The zero-order chi connectivity index (χ0) is 36.3. The monoisotopic (exact) mass is 699 g/mol. The summed E-state index contributed by atoms with van der Waals surface area (Å²) in [6.07, 6.45) is 0. The van der Waals surface area contributed by atoms with E-state index in [1.165, 1.54) is 59.9 Å². The van der Waals surface area contributed by atoms with E-state index in [0.717, 1.165) is 39.2 Å². The fraction of sp³-hybridized carbons (Fsp3) is 0. The largest absolute Gasteiger partial charge is 0.309 e. The number of hydrogen-bond donors (Lipinski definition) is 0. The third-order valence-corrected chi connectivity index (χ3v) is 11.0.